The molecule has 0 aliphatic heterocycles. The van der Waals surface area contributed by atoms with Crippen LogP contribution in [0.15, 0.2) is 104 Å². The van der Waals surface area contributed by atoms with Crippen molar-refractivity contribution in [3.05, 3.63) is 141 Å². The van der Waals surface area contributed by atoms with E-state index in [2.05, 4.69) is 27.4 Å². The molecule has 3 aromatic rings. The van der Waals surface area contributed by atoms with E-state index in [1.807, 2.05) is 91.0 Å². The van der Waals surface area contributed by atoms with E-state index >= 15 is 0 Å². The molecule has 3 rings (SSSR count). The second kappa shape index (κ2) is 19.2. The third-order valence-electron chi connectivity index (χ3n) is 2.66. The molecule has 1 radical (unpaired) electrons. The Bertz CT molecular complexity index is 548. The van der Waals surface area contributed by atoms with Crippen LogP contribution in [0.1, 0.15) is 16.7 Å². The minimum Gasteiger partial charge on any atom is -0.392 e. The molecule has 26 heavy (non-hydrogen) atoms. The van der Waals surface area contributed by atoms with Crippen LogP contribution in [0.25, 0.3) is 0 Å². The van der Waals surface area contributed by atoms with Gasteiger partial charge in [-0.15, -0.1) is 43.0 Å². The standard InChI is InChI=1S/3C7H7.C3H6O.Zr/c3*1-7-5-3-2-4-6-7;1-2-3-4;/h3*2-6H,1H2;2,4H,1,3H2;/q3*-1;;+3. The van der Waals surface area contributed by atoms with Gasteiger partial charge in [0.25, 0.3) is 0 Å². The average molecular weight is 423 g/mol. The van der Waals surface area contributed by atoms with Gasteiger partial charge in [-0.25, -0.2) is 0 Å². The average Bonchev–Trinajstić information content (AvgIpc) is 2.65. The van der Waals surface area contributed by atoms with E-state index in [-0.39, 0.29) is 32.8 Å². The van der Waals surface area contributed by atoms with Gasteiger partial charge in [0, 0.05) is 0 Å². The Morgan fingerprint density at radius 2 is 0.808 bits per heavy atom. The summed E-state index contributed by atoms with van der Waals surface area (Å²) in [5.74, 6) is 0. The summed E-state index contributed by atoms with van der Waals surface area (Å²) in [7, 11) is 0. The van der Waals surface area contributed by atoms with Gasteiger partial charge in [0.05, 0.1) is 6.61 Å². The summed E-state index contributed by atoms with van der Waals surface area (Å²) in [6, 6.07) is 29.6. The summed E-state index contributed by atoms with van der Waals surface area (Å²) >= 11 is 0. The monoisotopic (exact) mass is 421 g/mol. The fraction of sp³-hybridized carbons (Fsp3) is 0.0417. The molecule has 2 heteroatoms. The molecule has 0 saturated carbocycles. The fourth-order valence-corrected chi connectivity index (χ4v) is 1.43. The molecule has 0 saturated heterocycles. The second-order valence-corrected chi connectivity index (χ2v) is 4.93. The molecule has 0 amide bonds. The minimum absolute atomic E-state index is 0. The molecule has 1 N–H and O–H groups in total. The predicted molar refractivity (Wildman–Crippen MR) is 110 cm³/mol. The Hall–Kier alpha value is -2.15. The molecule has 0 unspecified atom stereocenters. The van der Waals surface area contributed by atoms with E-state index in [1.54, 1.807) is 0 Å². The van der Waals surface area contributed by atoms with Crippen molar-refractivity contribution in [3.63, 3.8) is 0 Å². The molecule has 1 nitrogen and oxygen atoms in total. The van der Waals surface area contributed by atoms with Gasteiger partial charge in [-0.2, -0.15) is 73.9 Å². The van der Waals surface area contributed by atoms with Crippen LogP contribution >= 0.6 is 0 Å². The molecule has 133 valence electrons. The van der Waals surface area contributed by atoms with Crippen molar-refractivity contribution in [2.24, 2.45) is 0 Å². The first-order chi connectivity index (χ1) is 12.1. The minimum atomic E-state index is 0. The third-order valence-corrected chi connectivity index (χ3v) is 2.66. The Morgan fingerprint density at radius 1 is 0.615 bits per heavy atom. The molecule has 3 aromatic carbocycles. The van der Waals surface area contributed by atoms with E-state index in [1.165, 1.54) is 6.08 Å². The summed E-state index contributed by atoms with van der Waals surface area (Å²) < 4.78 is 0. The van der Waals surface area contributed by atoms with Crippen LogP contribution < -0.4 is 0 Å². The molecule has 0 aliphatic carbocycles. The smallest absolute Gasteiger partial charge is 0.392 e. The van der Waals surface area contributed by atoms with E-state index in [0.717, 1.165) is 16.7 Å². The van der Waals surface area contributed by atoms with E-state index < -0.39 is 0 Å². The number of benzene rings is 3. The van der Waals surface area contributed by atoms with Crippen molar-refractivity contribution < 1.29 is 31.3 Å². The Balaban J connectivity index is 0. The van der Waals surface area contributed by atoms with Crippen LogP contribution in [0.4, 0.5) is 0 Å². The van der Waals surface area contributed by atoms with Gasteiger partial charge in [0.15, 0.2) is 0 Å². The van der Waals surface area contributed by atoms with E-state index in [0.29, 0.717) is 0 Å². The molecule has 0 spiro atoms. The Morgan fingerprint density at radius 3 is 0.885 bits per heavy atom. The first-order valence-electron chi connectivity index (χ1n) is 7.93. The van der Waals surface area contributed by atoms with E-state index in [9.17, 15) is 0 Å². The van der Waals surface area contributed by atoms with Crippen molar-refractivity contribution in [1.29, 1.82) is 0 Å². The number of aliphatic hydroxyl groups is 1. The van der Waals surface area contributed by atoms with Gasteiger partial charge >= 0.3 is 26.2 Å². The van der Waals surface area contributed by atoms with Crippen LogP contribution in [-0.2, 0) is 26.2 Å². The zero-order valence-electron chi connectivity index (χ0n) is 15.2. The molecule has 0 aliphatic rings. The van der Waals surface area contributed by atoms with Gasteiger partial charge in [-0.05, 0) is 0 Å². The van der Waals surface area contributed by atoms with Gasteiger partial charge in [-0.1, -0.05) is 24.3 Å². The van der Waals surface area contributed by atoms with Crippen molar-refractivity contribution in [2.45, 2.75) is 0 Å². The maximum absolute atomic E-state index is 7.76. The van der Waals surface area contributed by atoms with Crippen LogP contribution in [-0.4, -0.2) is 11.7 Å². The quantitative estimate of drug-likeness (QED) is 0.390. The fourth-order valence-electron chi connectivity index (χ4n) is 1.43. The number of rotatable bonds is 1. The number of aliphatic hydroxyl groups excluding tert-OH is 1. The van der Waals surface area contributed by atoms with Crippen LogP contribution in [0.2, 0.25) is 0 Å². The van der Waals surface area contributed by atoms with Gasteiger partial charge in [-0.3, -0.25) is 0 Å². The molecule has 0 atom stereocenters. The van der Waals surface area contributed by atoms with Crippen molar-refractivity contribution in [3.8, 4) is 0 Å². The van der Waals surface area contributed by atoms with E-state index in [4.69, 9.17) is 5.11 Å². The first-order valence-corrected chi connectivity index (χ1v) is 7.93. The summed E-state index contributed by atoms with van der Waals surface area (Å²) in [6.07, 6.45) is 1.43. The summed E-state index contributed by atoms with van der Waals surface area (Å²) in [5, 5.41) is 7.76. The second-order valence-electron chi connectivity index (χ2n) is 4.93. The van der Waals surface area contributed by atoms with Crippen LogP contribution in [0, 0.1) is 20.8 Å². The number of hydrogen-bond donors (Lipinski definition) is 1. The van der Waals surface area contributed by atoms with Crippen LogP contribution in [0.3, 0.4) is 0 Å². The molecule has 0 heterocycles. The SMILES string of the molecule is C=CCO.[CH2-]c1ccccc1.[CH2-]c1ccccc1.[CH2-]c1ccccc1.[Zr+3]. The third kappa shape index (κ3) is 18.2. The molecular formula is C24H27OZr. The van der Waals surface area contributed by atoms with Crippen molar-refractivity contribution in [1.82, 2.24) is 0 Å². The zero-order chi connectivity index (χ0) is 18.8. The largest absolute Gasteiger partial charge is 3.00 e. The van der Waals surface area contributed by atoms with Crippen molar-refractivity contribution in [2.75, 3.05) is 6.61 Å². The first kappa shape index (κ1) is 26.1. The maximum Gasteiger partial charge on any atom is 3.00 e. The topological polar surface area (TPSA) is 20.2 Å². The molecule has 0 bridgehead atoms. The van der Waals surface area contributed by atoms with Crippen molar-refractivity contribution >= 4 is 0 Å². The van der Waals surface area contributed by atoms with Crippen LogP contribution in [0.5, 0.6) is 0 Å². The summed E-state index contributed by atoms with van der Waals surface area (Å²) in [4.78, 5) is 0. The van der Waals surface area contributed by atoms with Gasteiger partial charge in [0.2, 0.25) is 0 Å². The zero-order valence-corrected chi connectivity index (χ0v) is 17.7. The molecule has 0 aromatic heterocycles. The normalized spacial score (nSPS) is 7.88. The summed E-state index contributed by atoms with van der Waals surface area (Å²) in [6.45, 7) is 14.5. The van der Waals surface area contributed by atoms with Gasteiger partial charge < -0.3 is 5.11 Å². The Kier molecular flexibility index (Phi) is 19.2. The summed E-state index contributed by atoms with van der Waals surface area (Å²) in [5.41, 5.74) is 3.22. The predicted octanol–water partition coefficient (Wildman–Crippen LogP) is 5.77. The number of hydrogen-bond acceptors (Lipinski definition) is 1. The Labute approximate surface area is 178 Å². The van der Waals surface area contributed by atoms with Gasteiger partial charge in [0.1, 0.15) is 0 Å². The molecular weight excluding hydrogens is 395 g/mol. The maximum atomic E-state index is 7.76. The molecule has 0 fully saturated rings.